The van der Waals surface area contributed by atoms with Crippen LogP contribution in [0.2, 0.25) is 0 Å². The second-order valence-corrected chi connectivity index (χ2v) is 10.0. The molecule has 4 aromatic rings. The Morgan fingerprint density at radius 2 is 1.89 bits per heavy atom. The largest absolute Gasteiger partial charge is 0.493 e. The summed E-state index contributed by atoms with van der Waals surface area (Å²) in [6, 6.07) is 9.08. The van der Waals surface area contributed by atoms with Gasteiger partial charge in [0.25, 0.3) is 0 Å². The molecule has 6 rings (SSSR count). The van der Waals surface area contributed by atoms with Gasteiger partial charge in [0, 0.05) is 50.6 Å². The van der Waals surface area contributed by atoms with Gasteiger partial charge in [-0.2, -0.15) is 5.10 Å². The first-order chi connectivity index (χ1) is 18.4. The molecule has 2 aromatic heterocycles. The number of H-pyrrole nitrogens is 2. The van der Waals surface area contributed by atoms with E-state index in [9.17, 15) is 13.6 Å². The highest BCUT2D eigenvalue weighted by atomic mass is 19.1. The highest BCUT2D eigenvalue weighted by Crippen LogP contribution is 2.31. The van der Waals surface area contributed by atoms with E-state index in [1.54, 1.807) is 0 Å². The smallest absolute Gasteiger partial charge is 0.407 e. The van der Waals surface area contributed by atoms with Crippen molar-refractivity contribution in [2.75, 3.05) is 26.2 Å². The highest BCUT2D eigenvalue weighted by molar-refractivity contribution is 5.92. The summed E-state index contributed by atoms with van der Waals surface area (Å²) in [6.07, 6.45) is 1.32. The molecule has 2 aliphatic rings. The van der Waals surface area contributed by atoms with Crippen LogP contribution < -0.4 is 4.74 Å². The van der Waals surface area contributed by atoms with Crippen LogP contribution in [0.15, 0.2) is 36.4 Å². The third kappa shape index (κ3) is 5.06. The number of hydrogen-bond donors (Lipinski definition) is 3. The fourth-order valence-electron chi connectivity index (χ4n) is 5.42. The molecule has 0 bridgehead atoms. The van der Waals surface area contributed by atoms with E-state index < -0.39 is 17.7 Å². The lowest BCUT2D eigenvalue weighted by atomic mass is 9.96. The number of likely N-dealkylation sites (tertiary alicyclic amines) is 1. The monoisotopic (exact) mass is 522 g/mol. The van der Waals surface area contributed by atoms with E-state index >= 15 is 0 Å². The molecular formula is C27H28F2N6O3. The first kappa shape index (κ1) is 24.4. The van der Waals surface area contributed by atoms with Crippen molar-refractivity contribution in [1.29, 1.82) is 0 Å². The molecule has 2 aromatic carbocycles. The van der Waals surface area contributed by atoms with Crippen LogP contribution in [-0.4, -0.2) is 67.4 Å². The Morgan fingerprint density at radius 3 is 2.63 bits per heavy atom. The summed E-state index contributed by atoms with van der Waals surface area (Å²) in [5.41, 5.74) is 4.19. The van der Waals surface area contributed by atoms with E-state index in [4.69, 9.17) is 14.8 Å². The maximum absolute atomic E-state index is 13.4. The van der Waals surface area contributed by atoms with Gasteiger partial charge in [-0.05, 0) is 54.7 Å². The van der Waals surface area contributed by atoms with Gasteiger partial charge in [-0.25, -0.2) is 18.6 Å². The summed E-state index contributed by atoms with van der Waals surface area (Å²) in [5, 5.41) is 17.5. The fourth-order valence-corrected chi connectivity index (χ4v) is 5.42. The van der Waals surface area contributed by atoms with Crippen LogP contribution in [0.25, 0.3) is 22.4 Å². The molecule has 9 nitrogen and oxygen atoms in total. The van der Waals surface area contributed by atoms with Gasteiger partial charge in [0.1, 0.15) is 23.1 Å². The number of rotatable bonds is 7. The summed E-state index contributed by atoms with van der Waals surface area (Å²) in [5.74, 6) is 0.625. The van der Waals surface area contributed by atoms with Crippen LogP contribution >= 0.6 is 0 Å². The molecule has 1 saturated heterocycles. The number of halogens is 2. The SMILES string of the molecule is O=C(O)N1CCC(CN2Cc3nc(-c4n[nH]c5ccc(OCCc6cc(F)cc(F)c6)cc45)[nH]c3C2)CC1. The quantitative estimate of drug-likeness (QED) is 0.328. The molecule has 0 saturated carbocycles. The minimum absolute atomic E-state index is 0.280. The minimum atomic E-state index is -0.832. The van der Waals surface area contributed by atoms with Gasteiger partial charge < -0.3 is 19.7 Å². The number of carbonyl (C=O) groups is 1. The summed E-state index contributed by atoms with van der Waals surface area (Å²) < 4.78 is 32.7. The summed E-state index contributed by atoms with van der Waals surface area (Å²) in [6.45, 7) is 3.94. The van der Waals surface area contributed by atoms with Crippen molar-refractivity contribution in [1.82, 2.24) is 30.0 Å². The van der Waals surface area contributed by atoms with Crippen molar-refractivity contribution >= 4 is 17.0 Å². The maximum Gasteiger partial charge on any atom is 0.407 e. The number of ether oxygens (including phenoxy) is 1. The number of hydrogen-bond acceptors (Lipinski definition) is 5. The fraction of sp³-hybridized carbons (Fsp3) is 0.370. The molecule has 198 valence electrons. The predicted octanol–water partition coefficient (Wildman–Crippen LogP) is 4.56. The van der Waals surface area contributed by atoms with E-state index in [0.717, 1.165) is 60.8 Å². The first-order valence-electron chi connectivity index (χ1n) is 12.8. The average molecular weight is 523 g/mol. The Labute approximate surface area is 217 Å². The maximum atomic E-state index is 13.4. The van der Waals surface area contributed by atoms with E-state index in [0.29, 0.717) is 48.3 Å². The van der Waals surface area contributed by atoms with Crippen molar-refractivity contribution < 1.29 is 23.4 Å². The van der Waals surface area contributed by atoms with Gasteiger partial charge in [0.15, 0.2) is 5.82 Å². The zero-order chi connectivity index (χ0) is 26.2. The Morgan fingerprint density at radius 1 is 1.11 bits per heavy atom. The number of aromatic amines is 2. The zero-order valence-corrected chi connectivity index (χ0v) is 20.7. The van der Waals surface area contributed by atoms with Gasteiger partial charge in [-0.1, -0.05) is 0 Å². The van der Waals surface area contributed by atoms with Crippen LogP contribution in [0.4, 0.5) is 13.6 Å². The number of benzene rings is 2. The van der Waals surface area contributed by atoms with Gasteiger partial charge in [0.2, 0.25) is 0 Å². The van der Waals surface area contributed by atoms with Crippen molar-refractivity contribution in [2.24, 2.45) is 5.92 Å². The lowest BCUT2D eigenvalue weighted by Crippen LogP contribution is -2.40. The Balaban J connectivity index is 1.09. The third-order valence-electron chi connectivity index (χ3n) is 7.36. The number of imidazole rings is 1. The zero-order valence-electron chi connectivity index (χ0n) is 20.7. The molecule has 0 unspecified atom stereocenters. The molecule has 38 heavy (non-hydrogen) atoms. The lowest BCUT2D eigenvalue weighted by Gasteiger charge is -2.32. The standard InChI is InChI=1S/C27H28F2N6O3/c28-18-9-17(10-19(29)11-18)5-8-38-20-1-2-22-21(12-20)25(33-32-22)26-30-23-14-34(15-24(23)31-26)13-16-3-6-35(7-4-16)27(36)37/h1-2,9-12,16H,3-8,13-15H2,(H,30,31)(H,32,33)(H,36,37). The van der Waals surface area contributed by atoms with Crippen LogP contribution in [0.5, 0.6) is 5.75 Å². The normalized spacial score (nSPS) is 16.3. The number of fused-ring (bicyclic) bond motifs is 2. The number of carboxylic acid groups (broad SMARTS) is 1. The Hall–Kier alpha value is -3.99. The van der Waals surface area contributed by atoms with E-state index in [1.165, 1.54) is 17.0 Å². The Kier molecular flexibility index (Phi) is 6.44. The molecule has 3 N–H and O–H groups in total. The second-order valence-electron chi connectivity index (χ2n) is 10.0. The van der Waals surface area contributed by atoms with Crippen LogP contribution in [0.3, 0.4) is 0 Å². The van der Waals surface area contributed by atoms with Gasteiger partial charge in [-0.15, -0.1) is 0 Å². The topological polar surface area (TPSA) is 110 Å². The number of piperidine rings is 1. The second kappa shape index (κ2) is 10.1. The molecular weight excluding hydrogens is 494 g/mol. The number of nitrogens with one attached hydrogen (secondary N) is 2. The summed E-state index contributed by atoms with van der Waals surface area (Å²) >= 11 is 0. The van der Waals surface area contributed by atoms with Crippen molar-refractivity contribution in [3.8, 4) is 17.3 Å². The number of nitrogens with zero attached hydrogens (tertiary/aromatic N) is 4. The molecule has 0 aliphatic carbocycles. The lowest BCUT2D eigenvalue weighted by molar-refractivity contribution is 0.113. The summed E-state index contributed by atoms with van der Waals surface area (Å²) in [4.78, 5) is 23.3. The third-order valence-corrected chi connectivity index (χ3v) is 7.36. The number of aromatic nitrogens is 4. The van der Waals surface area contributed by atoms with Gasteiger partial charge in [-0.3, -0.25) is 10.00 Å². The molecule has 1 fully saturated rings. The van der Waals surface area contributed by atoms with Crippen LogP contribution in [0.1, 0.15) is 29.8 Å². The molecule has 0 atom stereocenters. The molecule has 0 spiro atoms. The molecule has 11 heteroatoms. The van der Waals surface area contributed by atoms with Crippen molar-refractivity contribution in [3.63, 3.8) is 0 Å². The van der Waals surface area contributed by atoms with E-state index in [2.05, 4.69) is 20.1 Å². The van der Waals surface area contributed by atoms with Crippen molar-refractivity contribution in [3.05, 3.63) is 65.0 Å². The molecule has 1 amide bonds. The van der Waals surface area contributed by atoms with Gasteiger partial charge >= 0.3 is 6.09 Å². The molecule has 0 radical (unpaired) electrons. The molecule has 4 heterocycles. The minimum Gasteiger partial charge on any atom is -0.493 e. The summed E-state index contributed by atoms with van der Waals surface area (Å²) in [7, 11) is 0. The van der Waals surface area contributed by atoms with E-state index in [1.807, 2.05) is 18.2 Å². The number of amides is 1. The van der Waals surface area contributed by atoms with Crippen molar-refractivity contribution in [2.45, 2.75) is 32.4 Å². The van der Waals surface area contributed by atoms with E-state index in [-0.39, 0.29) is 6.61 Å². The highest BCUT2D eigenvalue weighted by Gasteiger charge is 2.29. The van der Waals surface area contributed by atoms with Crippen LogP contribution in [-0.2, 0) is 19.5 Å². The average Bonchev–Trinajstić information content (AvgIpc) is 3.56. The first-order valence-corrected chi connectivity index (χ1v) is 12.8. The van der Waals surface area contributed by atoms with Gasteiger partial charge in [0.05, 0.1) is 23.5 Å². The molecule has 2 aliphatic heterocycles. The van der Waals surface area contributed by atoms with Crippen LogP contribution in [0, 0.1) is 17.6 Å². The Bertz CT molecular complexity index is 1430. The predicted molar refractivity (Wildman–Crippen MR) is 136 cm³/mol.